The van der Waals surface area contributed by atoms with Gasteiger partial charge in [-0.3, -0.25) is 0 Å². The predicted molar refractivity (Wildman–Crippen MR) is 86.6 cm³/mol. The summed E-state index contributed by atoms with van der Waals surface area (Å²) < 4.78 is 15.9. The van der Waals surface area contributed by atoms with Gasteiger partial charge in [-0.1, -0.05) is 40.2 Å². The Morgan fingerprint density at radius 1 is 1.15 bits per heavy atom. The molecule has 0 aliphatic rings. The minimum absolute atomic E-state index is 0.258. The highest BCUT2D eigenvalue weighted by atomic mass is 79.9. The van der Waals surface area contributed by atoms with Gasteiger partial charge in [0.05, 0.1) is 0 Å². The second-order valence-corrected chi connectivity index (χ2v) is 6.47. The highest BCUT2D eigenvalue weighted by Gasteiger charge is 2.17. The van der Waals surface area contributed by atoms with E-state index in [1.165, 1.54) is 21.7 Å². The van der Waals surface area contributed by atoms with Crippen molar-refractivity contribution in [1.29, 1.82) is 0 Å². The molecule has 0 aliphatic heterocycles. The molecule has 0 fully saturated rings. The molecule has 2 N–H and O–H groups in total. The van der Waals surface area contributed by atoms with Gasteiger partial charge in [0.1, 0.15) is 5.82 Å². The monoisotopic (exact) mass is 349 g/mol. The highest BCUT2D eigenvalue weighted by Crippen LogP contribution is 2.31. The van der Waals surface area contributed by atoms with Crippen LogP contribution >= 0.6 is 27.3 Å². The van der Waals surface area contributed by atoms with E-state index in [9.17, 15) is 4.39 Å². The molecule has 0 aliphatic carbocycles. The first-order valence-electron chi connectivity index (χ1n) is 6.31. The van der Waals surface area contributed by atoms with Crippen LogP contribution in [-0.2, 0) is 6.42 Å². The number of hydrogen-bond acceptors (Lipinski definition) is 2. The second-order valence-electron chi connectivity index (χ2n) is 4.70. The first-order chi connectivity index (χ1) is 9.66. The lowest BCUT2D eigenvalue weighted by Crippen LogP contribution is -2.15. The van der Waals surface area contributed by atoms with Gasteiger partial charge in [-0.25, -0.2) is 4.39 Å². The molecular formula is C16H13BrFNS. The van der Waals surface area contributed by atoms with Gasteiger partial charge in [0, 0.05) is 20.8 Å². The predicted octanol–water partition coefficient (Wildman–Crippen LogP) is 5.05. The topological polar surface area (TPSA) is 26.0 Å². The van der Waals surface area contributed by atoms with Crippen LogP contribution in [0.2, 0.25) is 0 Å². The Balaban J connectivity index is 1.95. The van der Waals surface area contributed by atoms with Crippen molar-refractivity contribution in [2.75, 3.05) is 0 Å². The van der Waals surface area contributed by atoms with E-state index in [-0.39, 0.29) is 11.9 Å². The summed E-state index contributed by atoms with van der Waals surface area (Å²) in [6, 6.07) is 12.8. The number of halogens is 2. The van der Waals surface area contributed by atoms with E-state index in [4.69, 9.17) is 5.73 Å². The summed E-state index contributed by atoms with van der Waals surface area (Å²) in [5.74, 6) is -0.258. The lowest BCUT2D eigenvalue weighted by atomic mass is 9.99. The largest absolute Gasteiger partial charge is 0.324 e. The Kier molecular flexibility index (Phi) is 3.87. The Morgan fingerprint density at radius 2 is 1.95 bits per heavy atom. The molecule has 0 radical (unpaired) electrons. The van der Waals surface area contributed by atoms with Gasteiger partial charge in [0.15, 0.2) is 0 Å². The van der Waals surface area contributed by atoms with Gasteiger partial charge in [-0.2, -0.15) is 0 Å². The summed E-state index contributed by atoms with van der Waals surface area (Å²) in [7, 11) is 0. The fraction of sp³-hybridized carbons (Fsp3) is 0.125. The van der Waals surface area contributed by atoms with E-state index in [0.717, 1.165) is 4.47 Å². The zero-order chi connectivity index (χ0) is 14.1. The minimum Gasteiger partial charge on any atom is -0.324 e. The van der Waals surface area contributed by atoms with Gasteiger partial charge >= 0.3 is 0 Å². The van der Waals surface area contributed by atoms with Crippen molar-refractivity contribution >= 4 is 37.4 Å². The van der Waals surface area contributed by atoms with E-state index in [0.29, 0.717) is 12.0 Å². The Labute approximate surface area is 129 Å². The molecule has 1 heterocycles. The van der Waals surface area contributed by atoms with Crippen molar-refractivity contribution in [1.82, 2.24) is 0 Å². The molecule has 1 nitrogen and oxygen atoms in total. The zero-order valence-corrected chi connectivity index (χ0v) is 13.0. The highest BCUT2D eigenvalue weighted by molar-refractivity contribution is 9.10. The molecule has 20 heavy (non-hydrogen) atoms. The average Bonchev–Trinajstić information content (AvgIpc) is 2.82. The van der Waals surface area contributed by atoms with E-state index in [2.05, 4.69) is 33.4 Å². The molecule has 1 atom stereocenters. The SMILES string of the molecule is NC(Cc1csc2ccccc12)c1c(F)cccc1Br. The fourth-order valence-electron chi connectivity index (χ4n) is 2.39. The number of rotatable bonds is 3. The van der Waals surface area contributed by atoms with Crippen molar-refractivity contribution in [2.24, 2.45) is 5.73 Å². The van der Waals surface area contributed by atoms with E-state index < -0.39 is 0 Å². The first-order valence-corrected chi connectivity index (χ1v) is 7.98. The van der Waals surface area contributed by atoms with Crippen LogP contribution in [0.15, 0.2) is 52.3 Å². The number of fused-ring (bicyclic) bond motifs is 1. The molecule has 1 unspecified atom stereocenters. The lowest BCUT2D eigenvalue weighted by molar-refractivity contribution is 0.579. The number of nitrogens with two attached hydrogens (primary N) is 1. The molecule has 4 heteroatoms. The molecule has 0 saturated carbocycles. The van der Waals surface area contributed by atoms with Crippen LogP contribution in [0.5, 0.6) is 0 Å². The van der Waals surface area contributed by atoms with E-state index in [1.807, 2.05) is 18.2 Å². The summed E-state index contributed by atoms with van der Waals surface area (Å²) in [6.07, 6.45) is 0.629. The molecule has 0 bridgehead atoms. The Morgan fingerprint density at radius 3 is 2.75 bits per heavy atom. The molecule has 102 valence electrons. The van der Waals surface area contributed by atoms with Crippen molar-refractivity contribution in [3.05, 3.63) is 69.3 Å². The maximum absolute atomic E-state index is 13.9. The summed E-state index contributed by atoms with van der Waals surface area (Å²) in [5, 5.41) is 3.32. The summed E-state index contributed by atoms with van der Waals surface area (Å²) in [5.41, 5.74) is 7.93. The van der Waals surface area contributed by atoms with Gasteiger partial charge in [-0.15, -0.1) is 11.3 Å². The summed E-state index contributed by atoms with van der Waals surface area (Å²) in [6.45, 7) is 0. The second kappa shape index (κ2) is 5.64. The molecule has 0 saturated heterocycles. The number of benzene rings is 2. The smallest absolute Gasteiger partial charge is 0.129 e. The van der Waals surface area contributed by atoms with Gasteiger partial charge in [0.25, 0.3) is 0 Å². The van der Waals surface area contributed by atoms with Crippen LogP contribution in [-0.4, -0.2) is 0 Å². The van der Waals surface area contributed by atoms with Crippen molar-refractivity contribution in [3.8, 4) is 0 Å². The van der Waals surface area contributed by atoms with Crippen molar-refractivity contribution < 1.29 is 4.39 Å². The molecule has 2 aromatic carbocycles. The van der Waals surface area contributed by atoms with Crippen LogP contribution in [0.3, 0.4) is 0 Å². The van der Waals surface area contributed by atoms with Gasteiger partial charge < -0.3 is 5.73 Å². The zero-order valence-electron chi connectivity index (χ0n) is 10.6. The fourth-order valence-corrected chi connectivity index (χ4v) is 4.01. The molecule has 3 aromatic rings. The first kappa shape index (κ1) is 13.7. The molecular weight excluding hydrogens is 337 g/mol. The molecule has 0 spiro atoms. The van der Waals surface area contributed by atoms with Crippen LogP contribution in [0.25, 0.3) is 10.1 Å². The van der Waals surface area contributed by atoms with Crippen LogP contribution in [0.1, 0.15) is 17.2 Å². The third-order valence-corrected chi connectivity index (χ3v) is 5.08. The average molecular weight is 350 g/mol. The normalized spacial score (nSPS) is 12.8. The Hall–Kier alpha value is -1.23. The van der Waals surface area contributed by atoms with Crippen LogP contribution in [0.4, 0.5) is 4.39 Å². The third-order valence-electron chi connectivity index (χ3n) is 3.37. The van der Waals surface area contributed by atoms with Gasteiger partial charge in [-0.05, 0) is 40.9 Å². The van der Waals surface area contributed by atoms with Crippen molar-refractivity contribution in [2.45, 2.75) is 12.5 Å². The molecule has 3 rings (SSSR count). The van der Waals surface area contributed by atoms with Crippen molar-refractivity contribution in [3.63, 3.8) is 0 Å². The number of thiophene rings is 1. The Bertz CT molecular complexity index is 733. The minimum atomic E-state index is -0.358. The number of hydrogen-bond donors (Lipinski definition) is 1. The third kappa shape index (κ3) is 2.51. The van der Waals surface area contributed by atoms with Crippen LogP contribution < -0.4 is 5.73 Å². The summed E-state index contributed by atoms with van der Waals surface area (Å²) >= 11 is 5.08. The maximum Gasteiger partial charge on any atom is 0.129 e. The molecule has 0 amide bonds. The quantitative estimate of drug-likeness (QED) is 0.703. The van der Waals surface area contributed by atoms with Crippen LogP contribution in [0, 0.1) is 5.82 Å². The summed E-state index contributed by atoms with van der Waals surface area (Å²) in [4.78, 5) is 0. The lowest BCUT2D eigenvalue weighted by Gasteiger charge is -2.14. The van der Waals surface area contributed by atoms with E-state index in [1.54, 1.807) is 17.4 Å². The maximum atomic E-state index is 13.9. The molecule has 1 aromatic heterocycles. The van der Waals surface area contributed by atoms with Gasteiger partial charge in [0.2, 0.25) is 0 Å². The van der Waals surface area contributed by atoms with E-state index >= 15 is 0 Å². The standard InChI is InChI=1S/C16H13BrFNS/c17-12-5-3-6-13(18)16(12)14(19)8-10-9-20-15-7-2-1-4-11(10)15/h1-7,9,14H,8,19H2.